The Balaban J connectivity index is 0.000000205. The van der Waals surface area contributed by atoms with Gasteiger partial charge in [0.1, 0.15) is 5.58 Å². The quantitative estimate of drug-likeness (QED) is 0.210. The van der Waals surface area contributed by atoms with E-state index in [0.717, 1.165) is 17.2 Å². The molecule has 0 spiro atoms. The molecule has 30 heavy (non-hydrogen) atoms. The van der Waals surface area contributed by atoms with Crippen molar-refractivity contribution in [2.75, 3.05) is 0 Å². The first-order chi connectivity index (χ1) is 14.6. The minimum Gasteiger partial charge on any atom is -0.422 e. The molecule has 6 rings (SSSR count). The van der Waals surface area contributed by atoms with Crippen LogP contribution in [-0.4, -0.2) is 0 Å². The average Bonchev–Trinajstić information content (AvgIpc) is 3.13. The van der Waals surface area contributed by atoms with Gasteiger partial charge in [0.15, 0.2) is 0 Å². The summed E-state index contributed by atoms with van der Waals surface area (Å²) in [7, 11) is 0. The van der Waals surface area contributed by atoms with Gasteiger partial charge in [-0.2, -0.15) is 0 Å². The van der Waals surface area contributed by atoms with Gasteiger partial charge in [-0.3, -0.25) is 0 Å². The second-order valence-corrected chi connectivity index (χ2v) is 7.86. The predicted octanol–water partition coefficient (Wildman–Crippen LogP) is 6.82. The van der Waals surface area contributed by atoms with Gasteiger partial charge in [0, 0.05) is 10.8 Å². The molecule has 0 atom stereocenters. The molecule has 5 aromatic rings. The molecule has 0 unspecified atom stereocenters. The highest BCUT2D eigenvalue weighted by Gasteiger charge is 2.20. The zero-order chi connectivity index (χ0) is 20.7. The fourth-order valence-corrected chi connectivity index (χ4v) is 4.17. The van der Waals surface area contributed by atoms with E-state index in [1.807, 2.05) is 30.3 Å². The Morgan fingerprint density at radius 1 is 0.633 bits per heavy atom. The largest absolute Gasteiger partial charge is 0.422 e. The van der Waals surface area contributed by atoms with Crippen LogP contribution in [0.5, 0.6) is 0 Å². The molecular weight excluding hydrogens is 368 g/mol. The molecule has 146 valence electrons. The number of fused-ring (bicyclic) bond motifs is 6. The zero-order valence-electron chi connectivity index (χ0n) is 17.1. The fraction of sp³-hybridized carbons (Fsp3) is 0.107. The van der Waals surface area contributed by atoms with E-state index >= 15 is 0 Å². The van der Waals surface area contributed by atoms with Crippen molar-refractivity contribution in [3.05, 3.63) is 118 Å². The summed E-state index contributed by atoms with van der Waals surface area (Å²) in [5, 5.41) is 2.64. The molecule has 0 aliphatic heterocycles. The van der Waals surface area contributed by atoms with E-state index in [1.165, 1.54) is 33.4 Å². The molecule has 2 nitrogen and oxygen atoms in total. The van der Waals surface area contributed by atoms with Gasteiger partial charge in [-0.15, -0.1) is 0 Å². The molecule has 0 amide bonds. The van der Waals surface area contributed by atoms with E-state index in [1.54, 1.807) is 0 Å². The molecule has 0 bridgehead atoms. The first kappa shape index (κ1) is 18.4. The molecule has 1 aliphatic rings. The maximum Gasteiger partial charge on any atom is 0.344 e. The first-order valence-electron chi connectivity index (χ1n) is 10.2. The lowest BCUT2D eigenvalue weighted by atomic mass is 9.99. The highest BCUT2D eigenvalue weighted by Crippen LogP contribution is 2.39. The van der Waals surface area contributed by atoms with Gasteiger partial charge in [0.25, 0.3) is 0 Å². The topological polar surface area (TPSA) is 30.2 Å². The van der Waals surface area contributed by atoms with Crippen molar-refractivity contribution in [1.29, 1.82) is 0 Å². The van der Waals surface area contributed by atoms with E-state index in [-0.39, 0.29) is 5.63 Å². The third-order valence-electron chi connectivity index (χ3n) is 5.96. The van der Waals surface area contributed by atoms with Crippen LogP contribution in [0.15, 0.2) is 94.1 Å². The molecule has 1 aliphatic carbocycles. The third kappa shape index (κ3) is 3.11. The van der Waals surface area contributed by atoms with Crippen LogP contribution in [-0.2, 0) is 6.42 Å². The van der Waals surface area contributed by atoms with Gasteiger partial charge in [0.2, 0.25) is 0 Å². The lowest BCUT2D eigenvalue weighted by molar-refractivity contribution is 0.569. The molecule has 1 aromatic heterocycles. The Hall–Kier alpha value is -3.65. The smallest absolute Gasteiger partial charge is 0.344 e. The summed E-state index contributed by atoms with van der Waals surface area (Å²) in [5.74, 6) is 0. The second-order valence-electron chi connectivity index (χ2n) is 7.86. The zero-order valence-corrected chi connectivity index (χ0v) is 17.1. The maximum atomic E-state index is 12.3. The van der Waals surface area contributed by atoms with Gasteiger partial charge in [-0.25, -0.2) is 4.79 Å². The van der Waals surface area contributed by atoms with Crippen LogP contribution in [0.1, 0.15) is 22.3 Å². The SMILES string of the molecule is Cc1ccccc1C.O=c1oc2ccccc2c2cc3c(cc12)Cc1ccccc1-3. The predicted molar refractivity (Wildman–Crippen MR) is 124 cm³/mol. The van der Waals surface area contributed by atoms with E-state index < -0.39 is 0 Å². The summed E-state index contributed by atoms with van der Waals surface area (Å²) in [6, 6.07) is 28.7. The summed E-state index contributed by atoms with van der Waals surface area (Å²) >= 11 is 0. The van der Waals surface area contributed by atoms with Gasteiger partial charge < -0.3 is 4.42 Å². The number of hydrogen-bond acceptors (Lipinski definition) is 2. The maximum absolute atomic E-state index is 12.3. The molecule has 0 N–H and O–H groups in total. The number of para-hydroxylation sites is 1. The number of hydrogen-bond donors (Lipinski definition) is 0. The Morgan fingerprint density at radius 3 is 2.07 bits per heavy atom. The minimum atomic E-state index is -0.257. The lowest BCUT2D eigenvalue weighted by Crippen LogP contribution is -2.00. The molecular formula is C28H22O2. The van der Waals surface area contributed by atoms with Crippen molar-refractivity contribution in [1.82, 2.24) is 0 Å². The van der Waals surface area contributed by atoms with Gasteiger partial charge >= 0.3 is 5.63 Å². The average molecular weight is 390 g/mol. The minimum absolute atomic E-state index is 0.257. The van der Waals surface area contributed by atoms with E-state index in [0.29, 0.717) is 11.0 Å². The van der Waals surface area contributed by atoms with E-state index in [2.05, 4.69) is 68.4 Å². The normalized spacial score (nSPS) is 11.7. The van der Waals surface area contributed by atoms with Gasteiger partial charge in [-0.05, 0) is 71.8 Å². The van der Waals surface area contributed by atoms with E-state index in [9.17, 15) is 4.79 Å². The third-order valence-corrected chi connectivity index (χ3v) is 5.96. The number of rotatable bonds is 0. The number of benzene rings is 4. The molecule has 2 heteroatoms. The van der Waals surface area contributed by atoms with Crippen LogP contribution in [0, 0.1) is 13.8 Å². The van der Waals surface area contributed by atoms with E-state index in [4.69, 9.17) is 4.42 Å². The Kier molecular flexibility index (Phi) is 4.48. The molecule has 1 heterocycles. The van der Waals surface area contributed by atoms with Crippen LogP contribution in [0.25, 0.3) is 32.9 Å². The van der Waals surface area contributed by atoms with Crippen molar-refractivity contribution in [2.24, 2.45) is 0 Å². The molecule has 0 saturated carbocycles. The molecule has 0 saturated heterocycles. The summed E-state index contributed by atoms with van der Waals surface area (Å²) in [6.07, 6.45) is 0.883. The van der Waals surface area contributed by atoms with Crippen molar-refractivity contribution in [3.63, 3.8) is 0 Å². The molecule has 0 radical (unpaired) electrons. The Labute approximate surface area is 175 Å². The van der Waals surface area contributed by atoms with Crippen LogP contribution < -0.4 is 5.63 Å². The van der Waals surface area contributed by atoms with Crippen molar-refractivity contribution in [3.8, 4) is 11.1 Å². The summed E-state index contributed by atoms with van der Waals surface area (Å²) in [5.41, 5.74) is 8.16. The van der Waals surface area contributed by atoms with Crippen LogP contribution >= 0.6 is 0 Å². The summed E-state index contributed by atoms with van der Waals surface area (Å²) < 4.78 is 5.46. The fourth-order valence-electron chi connectivity index (χ4n) is 4.17. The van der Waals surface area contributed by atoms with Crippen molar-refractivity contribution < 1.29 is 4.42 Å². The van der Waals surface area contributed by atoms with Crippen LogP contribution in [0.3, 0.4) is 0 Å². The lowest BCUT2D eigenvalue weighted by Gasteiger charge is -2.06. The summed E-state index contributed by atoms with van der Waals surface area (Å²) in [6.45, 7) is 4.24. The highest BCUT2D eigenvalue weighted by molar-refractivity contribution is 6.06. The monoisotopic (exact) mass is 390 g/mol. The highest BCUT2D eigenvalue weighted by atomic mass is 16.4. The number of aryl methyl sites for hydroxylation is 2. The van der Waals surface area contributed by atoms with Crippen LogP contribution in [0.2, 0.25) is 0 Å². The van der Waals surface area contributed by atoms with Crippen molar-refractivity contribution in [2.45, 2.75) is 20.3 Å². The summed E-state index contributed by atoms with van der Waals surface area (Å²) in [4.78, 5) is 12.3. The second kappa shape index (κ2) is 7.31. The van der Waals surface area contributed by atoms with Crippen LogP contribution in [0.4, 0.5) is 0 Å². The Bertz CT molecular complexity index is 1440. The Morgan fingerprint density at radius 2 is 1.30 bits per heavy atom. The molecule has 0 fully saturated rings. The van der Waals surface area contributed by atoms with Gasteiger partial charge in [-0.1, -0.05) is 66.7 Å². The standard InChI is InChI=1S/C20H12O2.C8H10/c21-20-18-10-13-9-12-5-1-2-6-14(12)16(13)11-17(18)15-7-3-4-8-19(15)22-20;1-7-5-3-4-6-8(7)2/h1-8,10-11H,9H2;3-6H,1-2H3. The van der Waals surface area contributed by atoms with Crippen molar-refractivity contribution >= 4 is 21.7 Å². The molecule has 4 aromatic carbocycles. The van der Waals surface area contributed by atoms with Gasteiger partial charge in [0.05, 0.1) is 5.39 Å². The first-order valence-corrected chi connectivity index (χ1v) is 10.2.